The Bertz CT molecular complexity index is 425. The van der Waals surface area contributed by atoms with E-state index in [9.17, 15) is 4.79 Å². The molecule has 0 atom stereocenters. The van der Waals surface area contributed by atoms with Crippen LogP contribution in [0.4, 0.5) is 0 Å². The summed E-state index contributed by atoms with van der Waals surface area (Å²) in [5.41, 5.74) is -0.695. The van der Waals surface area contributed by atoms with E-state index in [4.69, 9.17) is 21.8 Å². The average Bonchev–Trinajstić information content (AvgIpc) is 2.21. The highest BCUT2D eigenvalue weighted by atomic mass is 32.1. The first-order chi connectivity index (χ1) is 7.47. The topological polar surface area (TPSA) is 40.5 Å². The summed E-state index contributed by atoms with van der Waals surface area (Å²) in [6.45, 7) is 3.81. The quantitative estimate of drug-likeness (QED) is 0.754. The van der Waals surface area contributed by atoms with E-state index < -0.39 is 5.41 Å². The van der Waals surface area contributed by atoms with Crippen LogP contribution < -0.4 is 4.84 Å². The van der Waals surface area contributed by atoms with Crippen molar-refractivity contribution in [2.24, 2.45) is 5.41 Å². The Balaban J connectivity index is 2.79. The van der Waals surface area contributed by atoms with E-state index in [1.165, 1.54) is 4.73 Å². The summed E-state index contributed by atoms with van der Waals surface area (Å²) in [5.74, 6) is -0.378. The minimum Gasteiger partial charge on any atom is -0.384 e. The highest BCUT2D eigenvalue weighted by molar-refractivity contribution is 7.71. The van der Waals surface area contributed by atoms with Crippen molar-refractivity contribution in [2.75, 3.05) is 13.7 Å². The van der Waals surface area contributed by atoms with E-state index in [2.05, 4.69) is 0 Å². The molecule has 0 spiro atoms. The van der Waals surface area contributed by atoms with Crippen LogP contribution in [-0.4, -0.2) is 24.4 Å². The summed E-state index contributed by atoms with van der Waals surface area (Å²) in [4.78, 5) is 17.0. The van der Waals surface area contributed by atoms with Crippen LogP contribution in [0.1, 0.15) is 13.8 Å². The highest BCUT2D eigenvalue weighted by Gasteiger charge is 2.30. The third kappa shape index (κ3) is 3.15. The van der Waals surface area contributed by atoms with Crippen LogP contribution >= 0.6 is 12.2 Å². The minimum absolute atomic E-state index is 0.298. The van der Waals surface area contributed by atoms with Crippen LogP contribution in [0.3, 0.4) is 0 Å². The molecule has 1 heterocycles. The zero-order chi connectivity index (χ0) is 12.2. The van der Waals surface area contributed by atoms with Gasteiger partial charge in [-0.25, -0.2) is 4.79 Å². The second-order valence-corrected chi connectivity index (χ2v) is 4.48. The number of rotatable bonds is 4. The second kappa shape index (κ2) is 5.23. The number of pyridine rings is 1. The van der Waals surface area contributed by atoms with Gasteiger partial charge in [-0.05, 0) is 26.0 Å². The molecule has 0 radical (unpaired) electrons. The van der Waals surface area contributed by atoms with Crippen molar-refractivity contribution in [1.29, 1.82) is 0 Å². The summed E-state index contributed by atoms with van der Waals surface area (Å²) in [5, 5.41) is 0. The lowest BCUT2D eigenvalue weighted by molar-refractivity contribution is -0.157. The third-order valence-electron chi connectivity index (χ3n) is 2.03. The van der Waals surface area contributed by atoms with Gasteiger partial charge in [0.2, 0.25) is 0 Å². The molecule has 4 nitrogen and oxygen atoms in total. The maximum Gasteiger partial charge on any atom is 0.340 e. The first kappa shape index (κ1) is 12.9. The average molecular weight is 241 g/mol. The zero-order valence-electron chi connectivity index (χ0n) is 9.60. The molecule has 5 heteroatoms. The molecule has 1 aromatic heterocycles. The van der Waals surface area contributed by atoms with E-state index in [-0.39, 0.29) is 5.97 Å². The van der Waals surface area contributed by atoms with Crippen molar-refractivity contribution in [2.45, 2.75) is 13.8 Å². The molecule has 0 unspecified atom stereocenters. The molecule has 88 valence electrons. The number of methoxy groups -OCH3 is 1. The molecule has 0 amide bonds. The Kier molecular flexibility index (Phi) is 4.20. The summed E-state index contributed by atoms with van der Waals surface area (Å²) >= 11 is 5.01. The molecule has 0 saturated carbocycles. The van der Waals surface area contributed by atoms with Crippen molar-refractivity contribution < 1.29 is 14.4 Å². The number of ether oxygens (including phenoxy) is 1. The molecule has 0 bridgehead atoms. The molecular formula is C11H15NO3S. The Morgan fingerprint density at radius 1 is 1.50 bits per heavy atom. The fraction of sp³-hybridized carbons (Fsp3) is 0.455. The van der Waals surface area contributed by atoms with Crippen molar-refractivity contribution in [3.63, 3.8) is 0 Å². The summed E-state index contributed by atoms with van der Waals surface area (Å²) in [6, 6.07) is 5.21. The van der Waals surface area contributed by atoms with Gasteiger partial charge in [-0.1, -0.05) is 18.3 Å². The Morgan fingerprint density at radius 2 is 2.19 bits per heavy atom. The molecule has 1 aromatic rings. The summed E-state index contributed by atoms with van der Waals surface area (Å²) in [7, 11) is 1.54. The van der Waals surface area contributed by atoms with Gasteiger partial charge in [0.15, 0.2) is 0 Å². The minimum atomic E-state index is -0.695. The van der Waals surface area contributed by atoms with Crippen LogP contribution in [0.15, 0.2) is 24.4 Å². The zero-order valence-corrected chi connectivity index (χ0v) is 10.4. The van der Waals surface area contributed by atoms with E-state index in [1.807, 2.05) is 0 Å². The SMILES string of the molecule is COCC(C)(C)C(=O)On1ccccc1=S. The van der Waals surface area contributed by atoms with E-state index in [1.54, 1.807) is 45.4 Å². The molecule has 0 aliphatic heterocycles. The molecule has 0 N–H and O–H groups in total. The van der Waals surface area contributed by atoms with Gasteiger partial charge >= 0.3 is 5.97 Å². The lowest BCUT2D eigenvalue weighted by Crippen LogP contribution is -2.37. The molecule has 16 heavy (non-hydrogen) atoms. The molecule has 0 aromatic carbocycles. The molecule has 0 saturated heterocycles. The van der Waals surface area contributed by atoms with Gasteiger partial charge in [-0.3, -0.25) is 0 Å². The van der Waals surface area contributed by atoms with E-state index in [0.29, 0.717) is 11.2 Å². The van der Waals surface area contributed by atoms with Gasteiger partial charge in [-0.2, -0.15) is 4.73 Å². The molecule has 0 aliphatic carbocycles. The maximum atomic E-state index is 11.8. The van der Waals surface area contributed by atoms with Crippen LogP contribution in [0.2, 0.25) is 0 Å². The maximum absolute atomic E-state index is 11.8. The van der Waals surface area contributed by atoms with Gasteiger partial charge in [0, 0.05) is 13.3 Å². The Hall–Kier alpha value is -1.20. The number of carbonyl (C=O) groups excluding carboxylic acids is 1. The Morgan fingerprint density at radius 3 is 2.75 bits per heavy atom. The Labute approximate surface area is 99.8 Å². The monoisotopic (exact) mass is 241 g/mol. The predicted molar refractivity (Wildman–Crippen MR) is 62.5 cm³/mol. The van der Waals surface area contributed by atoms with E-state index >= 15 is 0 Å². The van der Waals surface area contributed by atoms with Crippen LogP contribution in [0.25, 0.3) is 0 Å². The van der Waals surface area contributed by atoms with Crippen LogP contribution in [0.5, 0.6) is 0 Å². The van der Waals surface area contributed by atoms with Gasteiger partial charge in [0.05, 0.1) is 12.0 Å². The number of nitrogens with zero attached hydrogens (tertiary/aromatic N) is 1. The normalized spacial score (nSPS) is 11.2. The number of hydrogen-bond acceptors (Lipinski definition) is 4. The van der Waals surface area contributed by atoms with Crippen molar-refractivity contribution >= 4 is 18.2 Å². The van der Waals surface area contributed by atoms with E-state index in [0.717, 1.165) is 0 Å². The van der Waals surface area contributed by atoms with Crippen LogP contribution in [-0.2, 0) is 9.53 Å². The first-order valence-corrected chi connectivity index (χ1v) is 5.27. The summed E-state index contributed by atoms with van der Waals surface area (Å²) in [6.07, 6.45) is 1.60. The molecule has 1 rings (SSSR count). The standard InChI is InChI=1S/C11H15NO3S/c1-11(2,8-14-3)10(13)15-12-7-5-4-6-9(12)16/h4-7H,8H2,1-3H3. The fourth-order valence-corrected chi connectivity index (χ4v) is 1.30. The van der Waals surface area contributed by atoms with Gasteiger partial charge < -0.3 is 9.57 Å². The first-order valence-electron chi connectivity index (χ1n) is 4.87. The van der Waals surface area contributed by atoms with Gasteiger partial charge in [-0.15, -0.1) is 0 Å². The fourth-order valence-electron chi connectivity index (χ4n) is 1.12. The third-order valence-corrected chi connectivity index (χ3v) is 2.34. The van der Waals surface area contributed by atoms with Gasteiger partial charge in [0.1, 0.15) is 4.64 Å². The number of aromatic nitrogens is 1. The van der Waals surface area contributed by atoms with Gasteiger partial charge in [0.25, 0.3) is 0 Å². The molecular weight excluding hydrogens is 226 g/mol. The lowest BCUT2D eigenvalue weighted by Gasteiger charge is -2.21. The number of carbonyl (C=O) groups is 1. The lowest BCUT2D eigenvalue weighted by atomic mass is 9.95. The largest absolute Gasteiger partial charge is 0.384 e. The predicted octanol–water partition coefficient (Wildman–Crippen LogP) is 1.85. The smallest absolute Gasteiger partial charge is 0.340 e. The molecule has 0 aliphatic rings. The van der Waals surface area contributed by atoms with Crippen LogP contribution in [0, 0.1) is 10.1 Å². The number of hydrogen-bond donors (Lipinski definition) is 0. The molecule has 0 fully saturated rings. The van der Waals surface area contributed by atoms with Crippen molar-refractivity contribution in [1.82, 2.24) is 4.73 Å². The van der Waals surface area contributed by atoms with Crippen molar-refractivity contribution in [3.05, 3.63) is 29.0 Å². The van der Waals surface area contributed by atoms with Crippen molar-refractivity contribution in [3.8, 4) is 0 Å². The second-order valence-electron chi connectivity index (χ2n) is 4.06. The summed E-state index contributed by atoms with van der Waals surface area (Å²) < 4.78 is 6.68. The highest BCUT2D eigenvalue weighted by Crippen LogP contribution is 2.16.